The second kappa shape index (κ2) is 51.5. The van der Waals surface area contributed by atoms with Gasteiger partial charge in [-0.25, -0.2) is 0 Å². The van der Waals surface area contributed by atoms with E-state index in [1.165, 1.54) is 186 Å². The van der Waals surface area contributed by atoms with Crippen LogP contribution in [0.1, 0.15) is 278 Å². The van der Waals surface area contributed by atoms with Gasteiger partial charge in [-0.2, -0.15) is 0 Å². The number of ether oxygens (including phenoxy) is 3. The lowest BCUT2D eigenvalue weighted by Crippen LogP contribution is -2.30. The first-order chi connectivity index (χ1) is 29.6. The van der Waals surface area contributed by atoms with Crippen molar-refractivity contribution in [3.8, 4) is 0 Å². The Morgan fingerprint density at radius 1 is 0.367 bits per heavy atom. The summed E-state index contributed by atoms with van der Waals surface area (Å²) in [6.07, 6.45) is 61.6. The van der Waals surface area contributed by atoms with Crippen molar-refractivity contribution in [2.24, 2.45) is 0 Å². The number of unbranched alkanes of at least 4 members (excludes halogenated alkanes) is 32. The molecule has 0 heterocycles. The fourth-order valence-corrected chi connectivity index (χ4v) is 7.65. The van der Waals surface area contributed by atoms with Crippen LogP contribution in [-0.2, 0) is 23.8 Å². The van der Waals surface area contributed by atoms with Gasteiger partial charge in [0.05, 0.1) is 6.61 Å². The number of esters is 2. The van der Waals surface area contributed by atoms with Crippen molar-refractivity contribution in [2.45, 2.75) is 284 Å². The van der Waals surface area contributed by atoms with Crippen molar-refractivity contribution < 1.29 is 23.8 Å². The molecule has 0 aromatic carbocycles. The summed E-state index contributed by atoms with van der Waals surface area (Å²) in [5, 5.41) is 0. The van der Waals surface area contributed by atoms with E-state index in [1.54, 1.807) is 0 Å². The van der Waals surface area contributed by atoms with Gasteiger partial charge in [-0.05, 0) is 77.0 Å². The number of rotatable bonds is 49. The Balaban J connectivity index is 4.15. The molecule has 0 aliphatic heterocycles. The summed E-state index contributed by atoms with van der Waals surface area (Å²) in [6.45, 7) is 7.81. The van der Waals surface area contributed by atoms with E-state index in [2.05, 4.69) is 57.2 Å². The highest BCUT2D eigenvalue weighted by Crippen LogP contribution is 2.15. The molecular formula is C55H102O5. The van der Waals surface area contributed by atoms with Gasteiger partial charge in [0, 0.05) is 19.4 Å². The molecule has 0 spiro atoms. The zero-order chi connectivity index (χ0) is 43.5. The Bertz CT molecular complexity index is 955. The van der Waals surface area contributed by atoms with Crippen molar-refractivity contribution in [1.82, 2.24) is 0 Å². The molecule has 0 saturated heterocycles. The van der Waals surface area contributed by atoms with Crippen LogP contribution in [0.2, 0.25) is 0 Å². The largest absolute Gasteiger partial charge is 0.462 e. The Hall–Kier alpha value is -1.88. The second-order valence-corrected chi connectivity index (χ2v) is 17.8. The summed E-state index contributed by atoms with van der Waals surface area (Å²) in [4.78, 5) is 25.3. The monoisotopic (exact) mass is 843 g/mol. The summed E-state index contributed by atoms with van der Waals surface area (Å²) in [5.74, 6) is -0.398. The third-order valence-corrected chi connectivity index (χ3v) is 11.6. The molecular weight excluding hydrogens is 741 g/mol. The van der Waals surface area contributed by atoms with Crippen LogP contribution in [0.5, 0.6) is 0 Å². The van der Waals surface area contributed by atoms with Crippen LogP contribution >= 0.6 is 0 Å². The predicted molar refractivity (Wildman–Crippen MR) is 261 cm³/mol. The standard InChI is InChI=1S/C55H102O5/c1-4-7-10-13-16-19-21-23-25-26-27-28-29-31-33-35-38-41-44-47-50-58-51-53(60-55(57)49-46-43-40-36-18-15-12-9-6-3)52-59-54(56)48-45-42-39-37-34-32-30-24-22-20-17-14-11-8-5-2/h16,19,23-25,30,53H,4-15,17-18,20-22,26-29,31-52H2,1-3H3/b19-16-,25-23-,30-24-. The minimum atomic E-state index is -0.535. The normalized spacial score (nSPS) is 12.4. The van der Waals surface area contributed by atoms with Gasteiger partial charge < -0.3 is 14.2 Å². The molecule has 0 aromatic rings. The molecule has 5 nitrogen and oxygen atoms in total. The van der Waals surface area contributed by atoms with Crippen molar-refractivity contribution >= 4 is 11.9 Å². The maximum atomic E-state index is 12.7. The smallest absolute Gasteiger partial charge is 0.306 e. The lowest BCUT2D eigenvalue weighted by atomic mass is 10.1. The van der Waals surface area contributed by atoms with Crippen LogP contribution < -0.4 is 0 Å². The Morgan fingerprint density at radius 3 is 1.15 bits per heavy atom. The molecule has 352 valence electrons. The van der Waals surface area contributed by atoms with Crippen LogP contribution in [0, 0.1) is 0 Å². The first-order valence-corrected chi connectivity index (χ1v) is 26.5. The highest BCUT2D eigenvalue weighted by Gasteiger charge is 2.17. The van der Waals surface area contributed by atoms with E-state index < -0.39 is 6.10 Å². The first kappa shape index (κ1) is 58.1. The average Bonchev–Trinajstić information content (AvgIpc) is 3.25. The minimum Gasteiger partial charge on any atom is -0.462 e. The van der Waals surface area contributed by atoms with Gasteiger partial charge in [0.25, 0.3) is 0 Å². The van der Waals surface area contributed by atoms with E-state index in [0.717, 1.165) is 57.8 Å². The third-order valence-electron chi connectivity index (χ3n) is 11.6. The van der Waals surface area contributed by atoms with Crippen LogP contribution in [0.25, 0.3) is 0 Å². The summed E-state index contributed by atoms with van der Waals surface area (Å²) in [6, 6.07) is 0. The van der Waals surface area contributed by atoms with Gasteiger partial charge >= 0.3 is 11.9 Å². The van der Waals surface area contributed by atoms with Gasteiger partial charge in [0.1, 0.15) is 6.61 Å². The van der Waals surface area contributed by atoms with E-state index in [-0.39, 0.29) is 25.2 Å². The molecule has 0 N–H and O–H groups in total. The van der Waals surface area contributed by atoms with Crippen molar-refractivity contribution in [1.29, 1.82) is 0 Å². The summed E-state index contributed by atoms with van der Waals surface area (Å²) < 4.78 is 17.4. The van der Waals surface area contributed by atoms with Gasteiger partial charge in [0.2, 0.25) is 0 Å². The lowest BCUT2D eigenvalue weighted by Gasteiger charge is -2.18. The van der Waals surface area contributed by atoms with E-state index >= 15 is 0 Å². The van der Waals surface area contributed by atoms with Gasteiger partial charge in [-0.3, -0.25) is 9.59 Å². The van der Waals surface area contributed by atoms with Crippen LogP contribution in [-0.4, -0.2) is 37.9 Å². The first-order valence-electron chi connectivity index (χ1n) is 26.5. The number of allylic oxidation sites excluding steroid dienone is 6. The SMILES string of the molecule is CCCCC/C=C\C/C=C\CCCCCCCCCCCCOCC(COC(=O)CCCCCCC/C=C\CCCCCCCC)OC(=O)CCCCCCCCCCC. The van der Waals surface area contributed by atoms with Gasteiger partial charge in [0.15, 0.2) is 6.10 Å². The van der Waals surface area contributed by atoms with Crippen molar-refractivity contribution in [2.75, 3.05) is 19.8 Å². The molecule has 5 heteroatoms. The topological polar surface area (TPSA) is 61.8 Å². The molecule has 0 radical (unpaired) electrons. The number of hydrogen-bond acceptors (Lipinski definition) is 5. The maximum Gasteiger partial charge on any atom is 0.306 e. The van der Waals surface area contributed by atoms with E-state index in [4.69, 9.17) is 14.2 Å². The van der Waals surface area contributed by atoms with Crippen LogP contribution in [0.3, 0.4) is 0 Å². The number of carbonyl (C=O) groups excluding carboxylic acids is 2. The molecule has 0 amide bonds. The summed E-state index contributed by atoms with van der Waals surface area (Å²) >= 11 is 0. The molecule has 0 rings (SSSR count). The fraction of sp³-hybridized carbons (Fsp3) is 0.855. The van der Waals surface area contributed by atoms with E-state index in [0.29, 0.717) is 19.4 Å². The zero-order valence-corrected chi connectivity index (χ0v) is 40.5. The van der Waals surface area contributed by atoms with E-state index in [1.807, 2.05) is 0 Å². The average molecular weight is 843 g/mol. The molecule has 1 unspecified atom stereocenters. The molecule has 0 aromatic heterocycles. The molecule has 60 heavy (non-hydrogen) atoms. The highest BCUT2D eigenvalue weighted by molar-refractivity contribution is 5.70. The van der Waals surface area contributed by atoms with Crippen LogP contribution in [0.15, 0.2) is 36.5 Å². The highest BCUT2D eigenvalue weighted by atomic mass is 16.6. The van der Waals surface area contributed by atoms with Crippen molar-refractivity contribution in [3.63, 3.8) is 0 Å². The quantitative estimate of drug-likeness (QED) is 0.0347. The zero-order valence-electron chi connectivity index (χ0n) is 40.5. The third kappa shape index (κ3) is 48.8. The van der Waals surface area contributed by atoms with Crippen LogP contribution in [0.4, 0.5) is 0 Å². The van der Waals surface area contributed by atoms with Gasteiger partial charge in [-0.15, -0.1) is 0 Å². The maximum absolute atomic E-state index is 12.7. The fourth-order valence-electron chi connectivity index (χ4n) is 7.65. The predicted octanol–water partition coefficient (Wildman–Crippen LogP) is 17.8. The summed E-state index contributed by atoms with van der Waals surface area (Å²) in [5.41, 5.74) is 0. The Kier molecular flexibility index (Phi) is 49.9. The number of carbonyl (C=O) groups is 2. The second-order valence-electron chi connectivity index (χ2n) is 17.8. The molecule has 0 fully saturated rings. The number of hydrogen-bond donors (Lipinski definition) is 0. The molecule has 0 aliphatic rings. The molecule has 1 atom stereocenters. The lowest BCUT2D eigenvalue weighted by molar-refractivity contribution is -0.163. The van der Waals surface area contributed by atoms with Crippen molar-refractivity contribution in [3.05, 3.63) is 36.5 Å². The molecule has 0 bridgehead atoms. The van der Waals surface area contributed by atoms with E-state index in [9.17, 15) is 9.59 Å². The Labute approximate surface area is 374 Å². The Morgan fingerprint density at radius 2 is 0.700 bits per heavy atom. The summed E-state index contributed by atoms with van der Waals surface area (Å²) in [7, 11) is 0. The minimum absolute atomic E-state index is 0.0843. The molecule has 0 saturated carbocycles. The van der Waals surface area contributed by atoms with Gasteiger partial charge in [-0.1, -0.05) is 224 Å². The molecule has 0 aliphatic carbocycles.